The van der Waals surface area contributed by atoms with E-state index >= 15 is 0 Å². The van der Waals surface area contributed by atoms with E-state index in [1.807, 2.05) is 0 Å². The van der Waals surface area contributed by atoms with Crippen molar-refractivity contribution in [3.63, 3.8) is 0 Å². The van der Waals surface area contributed by atoms with Crippen LogP contribution in [0.5, 0.6) is 0 Å². The summed E-state index contributed by atoms with van der Waals surface area (Å²) in [6.07, 6.45) is 6.21. The first-order valence-corrected chi connectivity index (χ1v) is 6.20. The third kappa shape index (κ3) is 2.29. The topological polar surface area (TPSA) is 23.5 Å². The monoisotopic (exact) mass is 197 g/mol. The minimum atomic E-state index is -0.00400. The fraction of sp³-hybridized carbons (Fsp3) is 1.00. The van der Waals surface area contributed by atoms with Gasteiger partial charge in [0.2, 0.25) is 0 Å². The molecule has 1 N–H and O–H groups in total. The lowest BCUT2D eigenvalue weighted by molar-refractivity contribution is 0.108. The van der Waals surface area contributed by atoms with E-state index < -0.39 is 0 Å². The van der Waals surface area contributed by atoms with Gasteiger partial charge in [-0.25, -0.2) is 0 Å². The molecular formula is C12H23NO. The average molecular weight is 197 g/mol. The molecular weight excluding hydrogens is 174 g/mol. The van der Waals surface area contributed by atoms with Crippen LogP contribution in [0.3, 0.4) is 0 Å². The number of nitrogens with zero attached hydrogens (tertiary/aromatic N) is 1. The number of rotatable bonds is 3. The first kappa shape index (κ1) is 10.4. The Morgan fingerprint density at radius 2 is 2.14 bits per heavy atom. The SMILES string of the molecule is CCC1CCN(CC2CCCC2O)C1. The highest BCUT2D eigenvalue weighted by Crippen LogP contribution is 2.28. The molecule has 2 fully saturated rings. The highest BCUT2D eigenvalue weighted by atomic mass is 16.3. The van der Waals surface area contributed by atoms with E-state index in [4.69, 9.17) is 0 Å². The fourth-order valence-corrected chi connectivity index (χ4v) is 2.97. The van der Waals surface area contributed by atoms with Gasteiger partial charge < -0.3 is 10.0 Å². The molecule has 1 heterocycles. The summed E-state index contributed by atoms with van der Waals surface area (Å²) < 4.78 is 0. The summed E-state index contributed by atoms with van der Waals surface area (Å²) in [5, 5.41) is 9.75. The number of aliphatic hydroxyl groups excluding tert-OH is 1. The van der Waals surface area contributed by atoms with Gasteiger partial charge in [-0.15, -0.1) is 0 Å². The van der Waals surface area contributed by atoms with Crippen LogP contribution in [0, 0.1) is 11.8 Å². The number of hydrogen-bond acceptors (Lipinski definition) is 2. The molecule has 0 bridgehead atoms. The zero-order chi connectivity index (χ0) is 9.97. The minimum Gasteiger partial charge on any atom is -0.393 e. The molecule has 0 spiro atoms. The van der Waals surface area contributed by atoms with Gasteiger partial charge in [0.25, 0.3) is 0 Å². The van der Waals surface area contributed by atoms with Crippen LogP contribution in [-0.4, -0.2) is 35.7 Å². The third-order valence-electron chi connectivity index (χ3n) is 4.06. The van der Waals surface area contributed by atoms with Crippen LogP contribution in [0.4, 0.5) is 0 Å². The summed E-state index contributed by atoms with van der Waals surface area (Å²) in [4.78, 5) is 2.56. The van der Waals surface area contributed by atoms with Crippen LogP contribution in [0.2, 0.25) is 0 Å². The molecule has 82 valence electrons. The van der Waals surface area contributed by atoms with Gasteiger partial charge in [0, 0.05) is 13.1 Å². The predicted octanol–water partition coefficient (Wildman–Crippen LogP) is 1.88. The van der Waals surface area contributed by atoms with Crippen molar-refractivity contribution in [3.05, 3.63) is 0 Å². The molecule has 0 amide bonds. The maximum atomic E-state index is 9.75. The highest BCUT2D eigenvalue weighted by molar-refractivity contribution is 4.82. The molecule has 0 aromatic rings. The summed E-state index contributed by atoms with van der Waals surface area (Å²) in [6.45, 7) is 5.98. The molecule has 0 aromatic carbocycles. The fourth-order valence-electron chi connectivity index (χ4n) is 2.97. The number of aliphatic hydroxyl groups is 1. The maximum absolute atomic E-state index is 9.75. The van der Waals surface area contributed by atoms with Crippen LogP contribution >= 0.6 is 0 Å². The summed E-state index contributed by atoms with van der Waals surface area (Å²) in [5.74, 6) is 1.50. The van der Waals surface area contributed by atoms with E-state index in [0.29, 0.717) is 5.92 Å². The first-order valence-electron chi connectivity index (χ1n) is 6.20. The van der Waals surface area contributed by atoms with E-state index in [2.05, 4.69) is 11.8 Å². The lowest BCUT2D eigenvalue weighted by Crippen LogP contribution is -2.31. The van der Waals surface area contributed by atoms with Crippen molar-refractivity contribution in [2.24, 2.45) is 11.8 Å². The van der Waals surface area contributed by atoms with E-state index in [1.165, 1.54) is 38.8 Å². The number of hydrogen-bond donors (Lipinski definition) is 1. The minimum absolute atomic E-state index is 0.00400. The molecule has 3 unspecified atom stereocenters. The van der Waals surface area contributed by atoms with Gasteiger partial charge in [0.1, 0.15) is 0 Å². The van der Waals surface area contributed by atoms with Gasteiger partial charge >= 0.3 is 0 Å². The lowest BCUT2D eigenvalue weighted by atomic mass is 10.1. The van der Waals surface area contributed by atoms with Gasteiger partial charge in [-0.3, -0.25) is 0 Å². The molecule has 1 saturated carbocycles. The van der Waals surface area contributed by atoms with Crippen molar-refractivity contribution in [1.82, 2.24) is 4.90 Å². The molecule has 2 rings (SSSR count). The smallest absolute Gasteiger partial charge is 0.0580 e. The molecule has 2 aliphatic rings. The van der Waals surface area contributed by atoms with Crippen molar-refractivity contribution in [2.75, 3.05) is 19.6 Å². The zero-order valence-electron chi connectivity index (χ0n) is 9.28. The molecule has 2 nitrogen and oxygen atoms in total. The Morgan fingerprint density at radius 1 is 1.29 bits per heavy atom. The Kier molecular flexibility index (Phi) is 3.45. The van der Waals surface area contributed by atoms with E-state index in [0.717, 1.165) is 18.9 Å². The molecule has 1 aliphatic carbocycles. The Bertz CT molecular complexity index is 183. The van der Waals surface area contributed by atoms with Crippen LogP contribution < -0.4 is 0 Å². The van der Waals surface area contributed by atoms with Crippen molar-refractivity contribution < 1.29 is 5.11 Å². The van der Waals surface area contributed by atoms with Crippen molar-refractivity contribution in [2.45, 2.75) is 45.1 Å². The van der Waals surface area contributed by atoms with Crippen LogP contribution in [0.15, 0.2) is 0 Å². The van der Waals surface area contributed by atoms with Gasteiger partial charge in [-0.2, -0.15) is 0 Å². The van der Waals surface area contributed by atoms with Crippen molar-refractivity contribution >= 4 is 0 Å². The normalized spacial score (nSPS) is 39.4. The summed E-state index contributed by atoms with van der Waals surface area (Å²) in [7, 11) is 0. The van der Waals surface area contributed by atoms with E-state index in [9.17, 15) is 5.11 Å². The van der Waals surface area contributed by atoms with Crippen LogP contribution in [0.1, 0.15) is 39.0 Å². The first-order chi connectivity index (χ1) is 6.79. The maximum Gasteiger partial charge on any atom is 0.0580 e. The van der Waals surface area contributed by atoms with Gasteiger partial charge in [0.15, 0.2) is 0 Å². The average Bonchev–Trinajstić information content (AvgIpc) is 2.77. The molecule has 0 radical (unpaired) electrons. The molecule has 3 atom stereocenters. The van der Waals surface area contributed by atoms with Crippen LogP contribution in [0.25, 0.3) is 0 Å². The summed E-state index contributed by atoms with van der Waals surface area (Å²) >= 11 is 0. The second kappa shape index (κ2) is 4.63. The Morgan fingerprint density at radius 3 is 2.71 bits per heavy atom. The van der Waals surface area contributed by atoms with Gasteiger partial charge in [0.05, 0.1) is 6.10 Å². The van der Waals surface area contributed by atoms with Gasteiger partial charge in [-0.1, -0.05) is 19.8 Å². The van der Waals surface area contributed by atoms with Crippen LogP contribution in [-0.2, 0) is 0 Å². The molecule has 1 aliphatic heterocycles. The summed E-state index contributed by atoms with van der Waals surface area (Å²) in [5.41, 5.74) is 0. The Labute approximate surface area is 87.3 Å². The van der Waals surface area contributed by atoms with E-state index in [-0.39, 0.29) is 6.10 Å². The molecule has 0 aromatic heterocycles. The highest BCUT2D eigenvalue weighted by Gasteiger charge is 2.29. The third-order valence-corrected chi connectivity index (χ3v) is 4.06. The van der Waals surface area contributed by atoms with Crippen molar-refractivity contribution in [1.29, 1.82) is 0 Å². The van der Waals surface area contributed by atoms with Crippen molar-refractivity contribution in [3.8, 4) is 0 Å². The molecule has 1 saturated heterocycles. The predicted molar refractivity (Wildman–Crippen MR) is 58.2 cm³/mol. The second-order valence-electron chi connectivity index (χ2n) is 5.08. The van der Waals surface area contributed by atoms with E-state index in [1.54, 1.807) is 0 Å². The quantitative estimate of drug-likeness (QED) is 0.746. The largest absolute Gasteiger partial charge is 0.393 e. The summed E-state index contributed by atoms with van der Waals surface area (Å²) in [6, 6.07) is 0. The number of likely N-dealkylation sites (tertiary alicyclic amines) is 1. The standard InChI is InChI=1S/C12H23NO/c1-2-10-6-7-13(8-10)9-11-4-3-5-12(11)14/h10-12,14H,2-9H2,1H3. The second-order valence-corrected chi connectivity index (χ2v) is 5.08. The molecule has 14 heavy (non-hydrogen) atoms. The zero-order valence-corrected chi connectivity index (χ0v) is 9.28. The Balaban J connectivity index is 1.75. The Hall–Kier alpha value is -0.0800. The van der Waals surface area contributed by atoms with Gasteiger partial charge in [-0.05, 0) is 37.6 Å². The molecule has 2 heteroatoms. The lowest BCUT2D eigenvalue weighted by Gasteiger charge is -2.22.